The summed E-state index contributed by atoms with van der Waals surface area (Å²) in [6, 6.07) is 30.8. The molecule has 0 saturated heterocycles. The maximum absolute atomic E-state index is 5.94. The Balaban J connectivity index is 1.58. The van der Waals surface area contributed by atoms with E-state index in [-0.39, 0.29) is 0 Å². The van der Waals surface area contributed by atoms with Crippen LogP contribution in [0.3, 0.4) is 0 Å². The van der Waals surface area contributed by atoms with Crippen LogP contribution < -0.4 is 9.92 Å². The van der Waals surface area contributed by atoms with Gasteiger partial charge in [-0.15, -0.1) is 0 Å². The van der Waals surface area contributed by atoms with Crippen molar-refractivity contribution in [1.82, 2.24) is 0 Å². The first-order valence-electron chi connectivity index (χ1n) is 9.01. The standard InChI is InChI=1S/C23H26OSi/c1-25(2,23-16-7-4-8-17-23)18-10-12-20-11-9-15-22(19-20)24-21-13-5-3-6-14-21/h3-9,11,13-17,19H,10,12,18H2,1-2H3. The molecular formula is C23H26OSi. The lowest BCUT2D eigenvalue weighted by molar-refractivity contribution is 0.482. The van der Waals surface area contributed by atoms with Crippen molar-refractivity contribution in [3.8, 4) is 11.5 Å². The van der Waals surface area contributed by atoms with Crippen LogP contribution in [0.4, 0.5) is 0 Å². The molecule has 3 rings (SSSR count). The van der Waals surface area contributed by atoms with Crippen molar-refractivity contribution in [1.29, 1.82) is 0 Å². The van der Waals surface area contributed by atoms with E-state index < -0.39 is 8.07 Å². The van der Waals surface area contributed by atoms with Crippen LogP contribution >= 0.6 is 0 Å². The molecule has 0 aliphatic rings. The van der Waals surface area contributed by atoms with Crippen molar-refractivity contribution in [3.05, 3.63) is 90.5 Å². The normalized spacial score (nSPS) is 11.3. The topological polar surface area (TPSA) is 9.23 Å². The Morgan fingerprint density at radius 2 is 1.36 bits per heavy atom. The van der Waals surface area contributed by atoms with Crippen LogP contribution in [0, 0.1) is 0 Å². The molecule has 0 bridgehead atoms. The van der Waals surface area contributed by atoms with E-state index in [9.17, 15) is 0 Å². The second-order valence-corrected chi connectivity index (χ2v) is 12.0. The molecule has 0 radical (unpaired) electrons. The van der Waals surface area contributed by atoms with Crippen molar-refractivity contribution in [3.63, 3.8) is 0 Å². The van der Waals surface area contributed by atoms with Crippen molar-refractivity contribution in [2.24, 2.45) is 0 Å². The molecule has 128 valence electrons. The fourth-order valence-corrected chi connectivity index (χ4v) is 5.60. The fraction of sp³-hybridized carbons (Fsp3) is 0.217. The van der Waals surface area contributed by atoms with Crippen LogP contribution in [-0.2, 0) is 6.42 Å². The second-order valence-electron chi connectivity index (χ2n) is 7.17. The molecule has 3 aromatic carbocycles. The first-order valence-corrected chi connectivity index (χ1v) is 12.2. The lowest BCUT2D eigenvalue weighted by Gasteiger charge is -2.22. The average molecular weight is 347 g/mol. The molecule has 0 unspecified atom stereocenters. The highest BCUT2D eigenvalue weighted by atomic mass is 28.3. The molecule has 0 aromatic heterocycles. The number of aryl methyl sites for hydroxylation is 1. The summed E-state index contributed by atoms with van der Waals surface area (Å²) in [7, 11) is -1.34. The first-order chi connectivity index (χ1) is 12.1. The SMILES string of the molecule is C[Si](C)(CCCc1cccc(Oc2ccccc2)c1)c1ccccc1. The summed E-state index contributed by atoms with van der Waals surface area (Å²) in [4.78, 5) is 0. The van der Waals surface area contributed by atoms with E-state index in [4.69, 9.17) is 4.74 Å². The van der Waals surface area contributed by atoms with Gasteiger partial charge < -0.3 is 4.74 Å². The number of para-hydroxylation sites is 1. The van der Waals surface area contributed by atoms with E-state index in [0.29, 0.717) is 0 Å². The third-order valence-corrected chi connectivity index (χ3v) is 8.20. The predicted molar refractivity (Wildman–Crippen MR) is 110 cm³/mol. The van der Waals surface area contributed by atoms with Crippen LogP contribution in [0.2, 0.25) is 19.1 Å². The van der Waals surface area contributed by atoms with E-state index in [1.165, 1.54) is 18.0 Å². The van der Waals surface area contributed by atoms with E-state index in [0.717, 1.165) is 17.9 Å². The average Bonchev–Trinajstić information content (AvgIpc) is 2.63. The molecule has 3 aromatic rings. The molecule has 0 N–H and O–H groups in total. The molecule has 0 spiro atoms. The summed E-state index contributed by atoms with van der Waals surface area (Å²) in [5, 5.41) is 1.55. The van der Waals surface area contributed by atoms with Crippen molar-refractivity contribution in [2.45, 2.75) is 32.0 Å². The van der Waals surface area contributed by atoms with Crippen LogP contribution in [0.15, 0.2) is 84.9 Å². The van der Waals surface area contributed by atoms with Gasteiger partial charge in [-0.05, 0) is 36.2 Å². The molecule has 0 amide bonds. The first kappa shape index (κ1) is 17.5. The third kappa shape index (κ3) is 5.07. The van der Waals surface area contributed by atoms with Crippen LogP contribution in [0.1, 0.15) is 12.0 Å². The fourth-order valence-electron chi connectivity index (χ4n) is 3.16. The van der Waals surface area contributed by atoms with E-state index >= 15 is 0 Å². The molecule has 0 aliphatic heterocycles. The van der Waals surface area contributed by atoms with Gasteiger partial charge in [-0.3, -0.25) is 0 Å². The Morgan fingerprint density at radius 1 is 0.720 bits per heavy atom. The molecule has 0 aliphatic carbocycles. The monoisotopic (exact) mass is 346 g/mol. The molecule has 0 atom stereocenters. The minimum absolute atomic E-state index is 0.886. The van der Waals surface area contributed by atoms with Crippen LogP contribution in [0.5, 0.6) is 11.5 Å². The summed E-state index contributed by atoms with van der Waals surface area (Å²) in [5.74, 6) is 1.81. The van der Waals surface area contributed by atoms with E-state index in [1.807, 2.05) is 36.4 Å². The maximum Gasteiger partial charge on any atom is 0.127 e. The summed E-state index contributed by atoms with van der Waals surface area (Å²) in [5.41, 5.74) is 1.35. The van der Waals surface area contributed by atoms with Gasteiger partial charge in [-0.2, -0.15) is 0 Å². The van der Waals surface area contributed by atoms with Gasteiger partial charge in [0.25, 0.3) is 0 Å². The number of ether oxygens (including phenoxy) is 1. The number of hydrogen-bond donors (Lipinski definition) is 0. The van der Waals surface area contributed by atoms with E-state index in [2.05, 4.69) is 61.6 Å². The third-order valence-electron chi connectivity index (χ3n) is 4.70. The molecule has 2 heteroatoms. The summed E-state index contributed by atoms with van der Waals surface area (Å²) in [6.07, 6.45) is 2.33. The molecule has 25 heavy (non-hydrogen) atoms. The lowest BCUT2D eigenvalue weighted by Crippen LogP contribution is -2.40. The van der Waals surface area contributed by atoms with E-state index in [1.54, 1.807) is 5.19 Å². The van der Waals surface area contributed by atoms with Gasteiger partial charge in [0.1, 0.15) is 11.5 Å². The van der Waals surface area contributed by atoms with Gasteiger partial charge in [-0.1, -0.05) is 91.4 Å². The largest absolute Gasteiger partial charge is 0.457 e. The highest BCUT2D eigenvalue weighted by Crippen LogP contribution is 2.23. The zero-order valence-corrected chi connectivity index (χ0v) is 16.1. The zero-order chi connectivity index (χ0) is 17.5. The van der Waals surface area contributed by atoms with Crippen LogP contribution in [0.25, 0.3) is 0 Å². The highest BCUT2D eigenvalue weighted by Gasteiger charge is 2.22. The Hall–Kier alpha value is -2.32. The molecular weight excluding hydrogens is 320 g/mol. The smallest absolute Gasteiger partial charge is 0.127 e. The van der Waals surface area contributed by atoms with Crippen molar-refractivity contribution >= 4 is 13.3 Å². The summed E-state index contributed by atoms with van der Waals surface area (Å²) < 4.78 is 5.94. The minimum atomic E-state index is -1.34. The number of hydrogen-bond acceptors (Lipinski definition) is 1. The van der Waals surface area contributed by atoms with Crippen molar-refractivity contribution < 1.29 is 4.74 Å². The minimum Gasteiger partial charge on any atom is -0.457 e. The zero-order valence-electron chi connectivity index (χ0n) is 15.1. The van der Waals surface area contributed by atoms with Gasteiger partial charge in [-0.25, -0.2) is 0 Å². The number of rotatable bonds is 7. The van der Waals surface area contributed by atoms with Gasteiger partial charge in [0, 0.05) is 0 Å². The van der Waals surface area contributed by atoms with Gasteiger partial charge in [0.05, 0.1) is 8.07 Å². The maximum atomic E-state index is 5.94. The Labute approximate surface area is 152 Å². The van der Waals surface area contributed by atoms with Gasteiger partial charge in [0.2, 0.25) is 0 Å². The van der Waals surface area contributed by atoms with Crippen molar-refractivity contribution in [2.75, 3.05) is 0 Å². The Morgan fingerprint density at radius 3 is 2.08 bits per heavy atom. The second kappa shape index (κ2) is 8.17. The molecule has 0 saturated carbocycles. The molecule has 0 heterocycles. The van der Waals surface area contributed by atoms with Crippen LogP contribution in [-0.4, -0.2) is 8.07 Å². The summed E-state index contributed by atoms with van der Waals surface area (Å²) >= 11 is 0. The quantitative estimate of drug-likeness (QED) is 0.475. The predicted octanol–water partition coefficient (Wildman–Crippen LogP) is 6.03. The molecule has 0 fully saturated rings. The Bertz CT molecular complexity index is 781. The summed E-state index contributed by atoms with van der Waals surface area (Å²) in [6.45, 7) is 4.94. The van der Waals surface area contributed by atoms with Gasteiger partial charge >= 0.3 is 0 Å². The number of benzene rings is 3. The highest BCUT2D eigenvalue weighted by molar-refractivity contribution is 6.89. The van der Waals surface area contributed by atoms with Gasteiger partial charge in [0.15, 0.2) is 0 Å². The Kier molecular flexibility index (Phi) is 5.72. The lowest BCUT2D eigenvalue weighted by atomic mass is 10.1. The molecule has 1 nitrogen and oxygen atoms in total.